The smallest absolute Gasteiger partial charge is 0.270 e. The summed E-state index contributed by atoms with van der Waals surface area (Å²) in [6, 6.07) is 11.2. The number of methoxy groups -OCH3 is 2. The zero-order chi connectivity index (χ0) is 17.1. The molecule has 0 aliphatic heterocycles. The van der Waals surface area contributed by atoms with Gasteiger partial charge in [0.25, 0.3) is 11.6 Å². The van der Waals surface area contributed by atoms with Crippen LogP contribution in [0.1, 0.15) is 0 Å². The molecule has 3 rings (SSSR count). The Kier molecular flexibility index (Phi) is 4.11. The fourth-order valence-corrected chi connectivity index (χ4v) is 2.18. The first-order valence-corrected chi connectivity index (χ1v) is 6.93. The van der Waals surface area contributed by atoms with E-state index in [1.54, 1.807) is 37.4 Å². The van der Waals surface area contributed by atoms with Gasteiger partial charge >= 0.3 is 0 Å². The number of nitrogens with zero attached hydrogens (tertiary/aromatic N) is 3. The van der Waals surface area contributed by atoms with E-state index in [0.29, 0.717) is 22.6 Å². The van der Waals surface area contributed by atoms with Gasteiger partial charge in [-0.1, -0.05) is 17.3 Å². The molecule has 2 aromatic carbocycles. The molecule has 0 radical (unpaired) electrons. The van der Waals surface area contributed by atoms with E-state index in [4.69, 9.17) is 14.0 Å². The number of nitro benzene ring substituents is 1. The molecule has 3 aromatic rings. The first-order valence-electron chi connectivity index (χ1n) is 6.93. The van der Waals surface area contributed by atoms with Gasteiger partial charge in [-0.25, -0.2) is 0 Å². The number of nitro groups is 1. The quantitative estimate of drug-likeness (QED) is 0.523. The Bertz CT molecular complexity index is 891. The van der Waals surface area contributed by atoms with Crippen LogP contribution in [0.25, 0.3) is 22.8 Å². The van der Waals surface area contributed by atoms with Crippen molar-refractivity contribution in [2.75, 3.05) is 14.2 Å². The maximum absolute atomic E-state index is 10.9. The van der Waals surface area contributed by atoms with Crippen LogP contribution in [-0.2, 0) is 0 Å². The second-order valence-corrected chi connectivity index (χ2v) is 4.80. The van der Waals surface area contributed by atoms with Crippen LogP contribution in [0.3, 0.4) is 0 Å². The molecular formula is C16H13N3O5. The summed E-state index contributed by atoms with van der Waals surface area (Å²) >= 11 is 0. The Hall–Kier alpha value is -3.42. The van der Waals surface area contributed by atoms with Gasteiger partial charge in [0, 0.05) is 23.8 Å². The summed E-state index contributed by atoms with van der Waals surface area (Å²) in [6.07, 6.45) is 0. The van der Waals surface area contributed by atoms with Crippen LogP contribution in [0.15, 0.2) is 47.0 Å². The summed E-state index contributed by atoms with van der Waals surface area (Å²) in [6.45, 7) is 0. The average molecular weight is 327 g/mol. The number of ether oxygens (including phenoxy) is 2. The monoisotopic (exact) mass is 327 g/mol. The maximum Gasteiger partial charge on any atom is 0.270 e. The highest BCUT2D eigenvalue weighted by Gasteiger charge is 2.17. The topological polar surface area (TPSA) is 101 Å². The lowest BCUT2D eigenvalue weighted by Gasteiger charge is -2.06. The molecule has 0 saturated heterocycles. The van der Waals surface area contributed by atoms with Gasteiger partial charge in [0.1, 0.15) is 11.5 Å². The molecule has 0 atom stereocenters. The SMILES string of the molecule is COc1ccc(-c2nc(-c3cccc([N+](=O)[O-])c3)no2)c(OC)c1. The molecule has 0 N–H and O–H groups in total. The minimum atomic E-state index is -0.475. The first-order chi connectivity index (χ1) is 11.6. The summed E-state index contributed by atoms with van der Waals surface area (Å²) in [5.41, 5.74) is 1.05. The molecule has 1 aromatic heterocycles. The van der Waals surface area contributed by atoms with Crippen LogP contribution < -0.4 is 9.47 Å². The Morgan fingerprint density at radius 2 is 1.96 bits per heavy atom. The lowest BCUT2D eigenvalue weighted by Crippen LogP contribution is -1.91. The molecule has 0 saturated carbocycles. The molecule has 0 aliphatic carbocycles. The molecular weight excluding hydrogens is 314 g/mol. The second-order valence-electron chi connectivity index (χ2n) is 4.80. The Morgan fingerprint density at radius 3 is 2.67 bits per heavy atom. The lowest BCUT2D eigenvalue weighted by molar-refractivity contribution is -0.384. The van der Waals surface area contributed by atoms with Crippen LogP contribution in [-0.4, -0.2) is 29.3 Å². The normalized spacial score (nSPS) is 10.4. The van der Waals surface area contributed by atoms with E-state index in [-0.39, 0.29) is 17.4 Å². The van der Waals surface area contributed by atoms with E-state index in [1.807, 2.05) is 0 Å². The predicted octanol–water partition coefficient (Wildman–Crippen LogP) is 3.33. The van der Waals surface area contributed by atoms with Crippen molar-refractivity contribution < 1.29 is 18.9 Å². The van der Waals surface area contributed by atoms with Crippen LogP contribution in [0.4, 0.5) is 5.69 Å². The summed E-state index contributed by atoms with van der Waals surface area (Å²) in [4.78, 5) is 14.7. The van der Waals surface area contributed by atoms with Gasteiger partial charge < -0.3 is 14.0 Å². The molecule has 0 aliphatic rings. The Balaban J connectivity index is 1.99. The van der Waals surface area contributed by atoms with Crippen molar-refractivity contribution in [2.24, 2.45) is 0 Å². The fourth-order valence-electron chi connectivity index (χ4n) is 2.18. The van der Waals surface area contributed by atoms with Crippen molar-refractivity contribution in [3.63, 3.8) is 0 Å². The zero-order valence-corrected chi connectivity index (χ0v) is 12.9. The van der Waals surface area contributed by atoms with Gasteiger partial charge in [-0.3, -0.25) is 10.1 Å². The van der Waals surface area contributed by atoms with Crippen molar-refractivity contribution in [1.29, 1.82) is 0 Å². The summed E-state index contributed by atoms with van der Waals surface area (Å²) in [5.74, 6) is 1.65. The molecule has 8 nitrogen and oxygen atoms in total. The molecule has 24 heavy (non-hydrogen) atoms. The lowest BCUT2D eigenvalue weighted by atomic mass is 10.1. The summed E-state index contributed by atoms with van der Waals surface area (Å²) in [7, 11) is 3.08. The van der Waals surface area contributed by atoms with Crippen molar-refractivity contribution in [3.8, 4) is 34.3 Å². The van der Waals surface area contributed by atoms with E-state index in [0.717, 1.165) is 0 Å². The van der Waals surface area contributed by atoms with E-state index in [1.165, 1.54) is 19.2 Å². The van der Waals surface area contributed by atoms with Gasteiger partial charge in [-0.15, -0.1) is 0 Å². The maximum atomic E-state index is 10.9. The van der Waals surface area contributed by atoms with Crippen molar-refractivity contribution in [2.45, 2.75) is 0 Å². The summed E-state index contributed by atoms with van der Waals surface area (Å²) in [5, 5.41) is 14.8. The van der Waals surface area contributed by atoms with E-state index < -0.39 is 4.92 Å². The van der Waals surface area contributed by atoms with Gasteiger partial charge in [0.15, 0.2) is 0 Å². The third-order valence-electron chi connectivity index (χ3n) is 3.38. The molecule has 1 heterocycles. The van der Waals surface area contributed by atoms with Crippen molar-refractivity contribution >= 4 is 5.69 Å². The van der Waals surface area contributed by atoms with E-state index in [9.17, 15) is 10.1 Å². The minimum absolute atomic E-state index is 0.0409. The molecule has 0 spiro atoms. The van der Waals surface area contributed by atoms with Crippen LogP contribution in [0.2, 0.25) is 0 Å². The molecule has 0 bridgehead atoms. The van der Waals surface area contributed by atoms with Crippen molar-refractivity contribution in [3.05, 3.63) is 52.6 Å². The van der Waals surface area contributed by atoms with Crippen LogP contribution in [0, 0.1) is 10.1 Å². The molecule has 0 unspecified atom stereocenters. The number of rotatable bonds is 5. The van der Waals surface area contributed by atoms with Gasteiger partial charge in [0.05, 0.1) is 24.7 Å². The molecule has 0 fully saturated rings. The third-order valence-corrected chi connectivity index (χ3v) is 3.38. The molecule has 8 heteroatoms. The Morgan fingerprint density at radius 1 is 1.12 bits per heavy atom. The van der Waals surface area contributed by atoms with E-state index >= 15 is 0 Å². The van der Waals surface area contributed by atoms with Gasteiger partial charge in [0.2, 0.25) is 5.82 Å². The molecule has 122 valence electrons. The fraction of sp³-hybridized carbons (Fsp3) is 0.125. The Labute approximate surface area is 136 Å². The highest BCUT2D eigenvalue weighted by Crippen LogP contribution is 2.33. The average Bonchev–Trinajstić information content (AvgIpc) is 3.11. The second kappa shape index (κ2) is 6.37. The minimum Gasteiger partial charge on any atom is -0.497 e. The van der Waals surface area contributed by atoms with Gasteiger partial charge in [-0.05, 0) is 12.1 Å². The van der Waals surface area contributed by atoms with Crippen LogP contribution >= 0.6 is 0 Å². The first kappa shape index (κ1) is 15.5. The number of hydrogen-bond donors (Lipinski definition) is 0. The predicted molar refractivity (Wildman–Crippen MR) is 84.9 cm³/mol. The zero-order valence-electron chi connectivity index (χ0n) is 12.9. The third kappa shape index (κ3) is 2.89. The number of benzene rings is 2. The van der Waals surface area contributed by atoms with E-state index in [2.05, 4.69) is 10.1 Å². The number of non-ortho nitro benzene ring substituents is 1. The number of aromatic nitrogens is 2. The standard InChI is InChI=1S/C16H13N3O5/c1-22-12-6-7-13(14(9-12)23-2)16-17-15(18-24-16)10-4-3-5-11(8-10)19(20)21/h3-9H,1-2H3. The van der Waals surface area contributed by atoms with Gasteiger partial charge in [-0.2, -0.15) is 4.98 Å². The summed E-state index contributed by atoms with van der Waals surface area (Å²) < 4.78 is 15.7. The number of hydrogen-bond acceptors (Lipinski definition) is 7. The van der Waals surface area contributed by atoms with Crippen LogP contribution in [0.5, 0.6) is 11.5 Å². The molecule has 0 amide bonds. The highest BCUT2D eigenvalue weighted by atomic mass is 16.6. The largest absolute Gasteiger partial charge is 0.497 e. The van der Waals surface area contributed by atoms with Crippen molar-refractivity contribution in [1.82, 2.24) is 10.1 Å². The highest BCUT2D eigenvalue weighted by molar-refractivity contribution is 5.67.